The van der Waals surface area contributed by atoms with Crippen LogP contribution in [0.15, 0.2) is 18.2 Å². The van der Waals surface area contributed by atoms with E-state index in [0.717, 1.165) is 47.0 Å². The Hall–Kier alpha value is -2.21. The number of fused-ring (bicyclic) bond motifs is 3. The Bertz CT molecular complexity index is 889. The molecular formula is C16H20ClN5O. The van der Waals surface area contributed by atoms with Gasteiger partial charge in [-0.25, -0.2) is 4.98 Å². The van der Waals surface area contributed by atoms with Crippen LogP contribution >= 0.6 is 12.4 Å². The number of hydrogen-bond acceptors (Lipinski definition) is 5. The third kappa shape index (κ3) is 2.16. The topological polar surface area (TPSA) is 46.4 Å². The van der Waals surface area contributed by atoms with Crippen molar-refractivity contribution < 1.29 is 4.74 Å². The molecule has 23 heavy (non-hydrogen) atoms. The van der Waals surface area contributed by atoms with Gasteiger partial charge in [0.25, 0.3) is 0 Å². The van der Waals surface area contributed by atoms with Gasteiger partial charge in [-0.1, -0.05) is 0 Å². The Balaban J connectivity index is 0.00000156. The van der Waals surface area contributed by atoms with Crippen LogP contribution in [0.5, 0.6) is 5.75 Å². The van der Waals surface area contributed by atoms with Crippen molar-refractivity contribution in [2.45, 2.75) is 6.54 Å². The number of methoxy groups -OCH3 is 1. The molecule has 1 aliphatic heterocycles. The number of ether oxygens (including phenoxy) is 1. The molecule has 0 saturated carbocycles. The highest BCUT2D eigenvalue weighted by atomic mass is 35.5. The van der Waals surface area contributed by atoms with Crippen LogP contribution in [-0.2, 0) is 6.54 Å². The van der Waals surface area contributed by atoms with E-state index in [1.54, 1.807) is 7.11 Å². The Morgan fingerprint density at radius 3 is 2.65 bits per heavy atom. The number of nitrogens with zero attached hydrogens (tertiary/aromatic N) is 5. The molecule has 0 atom stereocenters. The molecule has 0 spiro atoms. The average Bonchev–Trinajstić information content (AvgIpc) is 2.84. The molecule has 0 amide bonds. The second-order valence-corrected chi connectivity index (χ2v) is 5.90. The molecule has 0 fully saturated rings. The maximum Gasteiger partial charge on any atom is 0.227 e. The summed E-state index contributed by atoms with van der Waals surface area (Å²) in [6, 6.07) is 6.18. The van der Waals surface area contributed by atoms with Crippen molar-refractivity contribution in [2.24, 2.45) is 0 Å². The fourth-order valence-electron chi connectivity index (χ4n) is 3.11. The molecule has 0 saturated heterocycles. The number of benzene rings is 1. The summed E-state index contributed by atoms with van der Waals surface area (Å²) in [5.41, 5.74) is 3.30. The SMILES string of the molecule is COc1ccc2c(c1)c1nc(N(C)C)nc3c1n2CCN3C.Cl. The minimum atomic E-state index is 0. The van der Waals surface area contributed by atoms with Gasteiger partial charge in [-0.2, -0.15) is 4.98 Å². The molecule has 7 heteroatoms. The maximum absolute atomic E-state index is 5.39. The van der Waals surface area contributed by atoms with Gasteiger partial charge in [0.2, 0.25) is 5.95 Å². The molecule has 122 valence electrons. The van der Waals surface area contributed by atoms with Gasteiger partial charge < -0.3 is 19.1 Å². The first-order valence-electron chi connectivity index (χ1n) is 7.36. The van der Waals surface area contributed by atoms with Gasteiger partial charge in [0, 0.05) is 39.6 Å². The summed E-state index contributed by atoms with van der Waals surface area (Å²) in [5.74, 6) is 2.58. The van der Waals surface area contributed by atoms with E-state index in [4.69, 9.17) is 14.7 Å². The number of halogens is 1. The summed E-state index contributed by atoms with van der Waals surface area (Å²) in [6.07, 6.45) is 0. The molecule has 1 aromatic carbocycles. The zero-order valence-corrected chi connectivity index (χ0v) is 14.5. The van der Waals surface area contributed by atoms with Gasteiger partial charge in [0.05, 0.1) is 12.6 Å². The molecule has 0 N–H and O–H groups in total. The van der Waals surface area contributed by atoms with E-state index in [1.165, 1.54) is 5.52 Å². The number of hydrogen-bond donors (Lipinski definition) is 0. The Morgan fingerprint density at radius 1 is 1.17 bits per heavy atom. The molecule has 6 nitrogen and oxygen atoms in total. The smallest absolute Gasteiger partial charge is 0.227 e. The van der Waals surface area contributed by atoms with Gasteiger partial charge in [-0.15, -0.1) is 12.4 Å². The van der Waals surface area contributed by atoms with Crippen LogP contribution in [0.1, 0.15) is 0 Å². The fourth-order valence-corrected chi connectivity index (χ4v) is 3.11. The molecule has 1 aliphatic rings. The number of anilines is 2. The highest BCUT2D eigenvalue weighted by Gasteiger charge is 2.24. The lowest BCUT2D eigenvalue weighted by atomic mass is 10.2. The van der Waals surface area contributed by atoms with Crippen LogP contribution in [0.25, 0.3) is 21.9 Å². The number of aromatic nitrogens is 3. The van der Waals surface area contributed by atoms with E-state index < -0.39 is 0 Å². The monoisotopic (exact) mass is 333 g/mol. The second-order valence-electron chi connectivity index (χ2n) is 5.90. The first-order valence-corrected chi connectivity index (χ1v) is 7.36. The second kappa shape index (κ2) is 5.45. The highest BCUT2D eigenvalue weighted by molar-refractivity contribution is 6.10. The summed E-state index contributed by atoms with van der Waals surface area (Å²) in [4.78, 5) is 13.7. The zero-order valence-electron chi connectivity index (χ0n) is 13.7. The van der Waals surface area contributed by atoms with E-state index in [1.807, 2.05) is 25.1 Å². The summed E-state index contributed by atoms with van der Waals surface area (Å²) >= 11 is 0. The lowest BCUT2D eigenvalue weighted by Crippen LogP contribution is -2.29. The normalized spacial score (nSPS) is 13.3. The van der Waals surface area contributed by atoms with E-state index in [9.17, 15) is 0 Å². The van der Waals surface area contributed by atoms with Crippen LogP contribution in [0, 0.1) is 0 Å². The molecule has 3 aromatic rings. The molecule has 3 heterocycles. The fraction of sp³-hybridized carbons (Fsp3) is 0.375. The van der Waals surface area contributed by atoms with Crippen molar-refractivity contribution in [1.29, 1.82) is 0 Å². The summed E-state index contributed by atoms with van der Waals surface area (Å²) < 4.78 is 7.70. The molecule has 4 rings (SSSR count). The lowest BCUT2D eigenvalue weighted by molar-refractivity contribution is 0.415. The van der Waals surface area contributed by atoms with Crippen LogP contribution in [0.4, 0.5) is 11.8 Å². The zero-order chi connectivity index (χ0) is 15.4. The third-order valence-corrected chi connectivity index (χ3v) is 4.29. The molecule has 2 aromatic heterocycles. The predicted molar refractivity (Wildman–Crippen MR) is 96.4 cm³/mol. The van der Waals surface area contributed by atoms with Gasteiger partial charge in [0.15, 0.2) is 5.82 Å². The summed E-state index contributed by atoms with van der Waals surface area (Å²) in [5, 5.41) is 1.12. The Morgan fingerprint density at radius 2 is 1.96 bits per heavy atom. The minimum absolute atomic E-state index is 0. The summed E-state index contributed by atoms with van der Waals surface area (Å²) in [6.45, 7) is 1.89. The van der Waals surface area contributed by atoms with Crippen LogP contribution in [0.3, 0.4) is 0 Å². The molecule has 0 aliphatic carbocycles. The lowest BCUT2D eigenvalue weighted by Gasteiger charge is -2.26. The predicted octanol–water partition coefficient (Wildman–Crippen LogP) is 2.53. The first kappa shape index (κ1) is 15.7. The minimum Gasteiger partial charge on any atom is -0.497 e. The van der Waals surface area contributed by atoms with Crippen LogP contribution < -0.4 is 14.5 Å². The number of likely N-dealkylation sites (N-methyl/N-ethyl adjacent to an activating group) is 1. The van der Waals surface area contributed by atoms with E-state index in [0.29, 0.717) is 0 Å². The first-order chi connectivity index (χ1) is 10.6. The van der Waals surface area contributed by atoms with Crippen molar-refractivity contribution in [3.8, 4) is 5.75 Å². The van der Waals surface area contributed by atoms with E-state index >= 15 is 0 Å². The van der Waals surface area contributed by atoms with Crippen molar-refractivity contribution in [1.82, 2.24) is 14.5 Å². The van der Waals surface area contributed by atoms with Crippen LogP contribution in [-0.4, -0.2) is 49.3 Å². The summed E-state index contributed by atoms with van der Waals surface area (Å²) in [7, 11) is 7.72. The third-order valence-electron chi connectivity index (χ3n) is 4.29. The van der Waals surface area contributed by atoms with Crippen LogP contribution in [0.2, 0.25) is 0 Å². The van der Waals surface area contributed by atoms with Crippen molar-refractivity contribution >= 4 is 46.1 Å². The largest absolute Gasteiger partial charge is 0.497 e. The molecule has 0 bridgehead atoms. The number of rotatable bonds is 2. The average molecular weight is 334 g/mol. The van der Waals surface area contributed by atoms with E-state index in [2.05, 4.69) is 28.6 Å². The van der Waals surface area contributed by atoms with Gasteiger partial charge in [-0.3, -0.25) is 0 Å². The molecule has 0 unspecified atom stereocenters. The standard InChI is InChI=1S/C16H19N5O.ClH/c1-19(2)16-17-13-11-9-10(22-4)5-6-12(11)21-8-7-20(3)15(18-16)14(13)21;/h5-6,9H,7-8H2,1-4H3;1H. The van der Waals surface area contributed by atoms with Crippen molar-refractivity contribution in [2.75, 3.05) is 44.6 Å². The van der Waals surface area contributed by atoms with Gasteiger partial charge >= 0.3 is 0 Å². The molecule has 0 radical (unpaired) electrons. The van der Waals surface area contributed by atoms with Gasteiger partial charge in [-0.05, 0) is 18.2 Å². The Labute approximate surface area is 141 Å². The highest BCUT2D eigenvalue weighted by Crippen LogP contribution is 2.37. The molecular weight excluding hydrogens is 314 g/mol. The Kier molecular flexibility index (Phi) is 3.72. The van der Waals surface area contributed by atoms with Gasteiger partial charge in [0.1, 0.15) is 16.8 Å². The maximum atomic E-state index is 5.39. The quantitative estimate of drug-likeness (QED) is 0.721. The van der Waals surface area contributed by atoms with E-state index in [-0.39, 0.29) is 12.4 Å². The van der Waals surface area contributed by atoms with Crippen molar-refractivity contribution in [3.63, 3.8) is 0 Å². The van der Waals surface area contributed by atoms with Crippen molar-refractivity contribution in [3.05, 3.63) is 18.2 Å².